The van der Waals surface area contributed by atoms with Crippen molar-refractivity contribution in [2.24, 2.45) is 0 Å². The molecule has 0 bridgehead atoms. The molecule has 8 nitrogen and oxygen atoms in total. The minimum atomic E-state index is -0.247. The highest BCUT2D eigenvalue weighted by Gasteiger charge is 2.34. The van der Waals surface area contributed by atoms with Gasteiger partial charge in [-0.3, -0.25) is 9.69 Å². The number of oxazole rings is 1. The van der Waals surface area contributed by atoms with Crippen LogP contribution in [0.25, 0.3) is 6.08 Å². The number of ether oxygens (including phenoxy) is 1. The van der Waals surface area contributed by atoms with Crippen molar-refractivity contribution in [2.75, 3.05) is 18.0 Å². The Morgan fingerprint density at radius 2 is 2.17 bits per heavy atom. The molecule has 0 radical (unpaired) electrons. The maximum absolute atomic E-state index is 12.7. The molecule has 2 fully saturated rings. The summed E-state index contributed by atoms with van der Waals surface area (Å²) < 4.78 is 17.3. The zero-order valence-electron chi connectivity index (χ0n) is 15.8. The molecular formula is C19H18N4O4S2. The van der Waals surface area contributed by atoms with E-state index in [1.807, 2.05) is 18.7 Å². The Labute approximate surface area is 177 Å². The minimum Gasteiger partial charge on any atom is -0.467 e. The second-order valence-electron chi connectivity index (χ2n) is 6.83. The molecule has 2 aliphatic heterocycles. The van der Waals surface area contributed by atoms with Crippen LogP contribution in [0.3, 0.4) is 0 Å². The van der Waals surface area contributed by atoms with Crippen LogP contribution in [0.5, 0.6) is 0 Å². The molecular weight excluding hydrogens is 412 g/mol. The second-order valence-corrected chi connectivity index (χ2v) is 8.50. The van der Waals surface area contributed by atoms with Crippen molar-refractivity contribution in [3.63, 3.8) is 0 Å². The van der Waals surface area contributed by atoms with E-state index in [0.717, 1.165) is 0 Å². The number of hydrogen-bond donors (Lipinski definition) is 0. The molecule has 4 rings (SSSR count). The summed E-state index contributed by atoms with van der Waals surface area (Å²) in [5.74, 6) is 0.986. The lowest BCUT2D eigenvalue weighted by atomic mass is 10.2. The van der Waals surface area contributed by atoms with Crippen LogP contribution in [0.15, 0.2) is 32.1 Å². The first-order valence-corrected chi connectivity index (χ1v) is 10.3. The van der Waals surface area contributed by atoms with Gasteiger partial charge in [-0.05, 0) is 26.0 Å². The Morgan fingerprint density at radius 3 is 2.83 bits per heavy atom. The SMILES string of the molecule is C[C@H]1CN(c2oc(/C=C3\SC(=S)N(Cc4ccco4)C3=O)nc2C#N)C[C@H](C)O1. The van der Waals surface area contributed by atoms with Crippen molar-refractivity contribution >= 4 is 46.2 Å². The number of anilines is 1. The smallest absolute Gasteiger partial charge is 0.266 e. The average Bonchev–Trinajstić information content (AvgIpc) is 3.38. The van der Waals surface area contributed by atoms with Crippen molar-refractivity contribution in [2.45, 2.75) is 32.6 Å². The summed E-state index contributed by atoms with van der Waals surface area (Å²) in [6, 6.07) is 5.61. The summed E-state index contributed by atoms with van der Waals surface area (Å²) in [5.41, 5.74) is 0.184. The standard InChI is InChI=1S/C19H18N4O4S2/c1-11-8-22(9-12(2)26-11)18-14(7-20)21-16(27-18)6-15-17(24)23(19(28)29-15)10-13-4-3-5-25-13/h3-6,11-12H,8-10H2,1-2H3/b15-6-/t11-,12-/m0/s1. The first kappa shape index (κ1) is 19.7. The summed E-state index contributed by atoms with van der Waals surface area (Å²) in [7, 11) is 0. The second kappa shape index (κ2) is 8.02. The number of hydrogen-bond acceptors (Lipinski definition) is 9. The molecule has 0 saturated carbocycles. The predicted molar refractivity (Wildman–Crippen MR) is 111 cm³/mol. The van der Waals surface area contributed by atoms with Crippen LogP contribution in [-0.2, 0) is 16.1 Å². The van der Waals surface area contributed by atoms with Crippen LogP contribution in [-0.4, -0.2) is 45.4 Å². The van der Waals surface area contributed by atoms with E-state index < -0.39 is 0 Å². The van der Waals surface area contributed by atoms with Crippen molar-refractivity contribution in [1.29, 1.82) is 5.26 Å². The van der Waals surface area contributed by atoms with Gasteiger partial charge in [0.15, 0.2) is 0 Å². The minimum absolute atomic E-state index is 0.0108. The molecule has 2 aromatic rings. The van der Waals surface area contributed by atoms with Gasteiger partial charge in [-0.25, -0.2) is 0 Å². The van der Waals surface area contributed by atoms with Crippen molar-refractivity contribution in [3.05, 3.63) is 40.6 Å². The lowest BCUT2D eigenvalue weighted by molar-refractivity contribution is -0.122. The van der Waals surface area contributed by atoms with Crippen molar-refractivity contribution < 1.29 is 18.4 Å². The van der Waals surface area contributed by atoms with Crippen LogP contribution < -0.4 is 4.90 Å². The number of aromatic nitrogens is 1. The molecule has 1 amide bonds. The lowest BCUT2D eigenvalue weighted by Crippen LogP contribution is -2.45. The van der Waals surface area contributed by atoms with Gasteiger partial charge in [0.25, 0.3) is 5.91 Å². The van der Waals surface area contributed by atoms with Gasteiger partial charge in [-0.2, -0.15) is 10.2 Å². The molecule has 2 saturated heterocycles. The van der Waals surface area contributed by atoms with Gasteiger partial charge < -0.3 is 18.5 Å². The summed E-state index contributed by atoms with van der Waals surface area (Å²) in [6.45, 7) is 5.39. The first-order chi connectivity index (χ1) is 13.9. The zero-order valence-corrected chi connectivity index (χ0v) is 17.5. The molecule has 29 heavy (non-hydrogen) atoms. The van der Waals surface area contributed by atoms with Gasteiger partial charge in [-0.1, -0.05) is 24.0 Å². The van der Waals surface area contributed by atoms with E-state index in [9.17, 15) is 10.1 Å². The molecule has 0 spiro atoms. The monoisotopic (exact) mass is 430 g/mol. The Balaban J connectivity index is 1.57. The topological polar surface area (TPSA) is 95.7 Å². The van der Waals surface area contributed by atoms with E-state index in [0.29, 0.717) is 34.0 Å². The maximum atomic E-state index is 12.7. The third-order valence-corrected chi connectivity index (χ3v) is 5.84. The molecule has 2 aromatic heterocycles. The van der Waals surface area contributed by atoms with E-state index in [4.69, 9.17) is 25.8 Å². The third kappa shape index (κ3) is 4.07. The third-order valence-electron chi connectivity index (χ3n) is 4.46. The normalized spacial score (nSPS) is 23.8. The largest absolute Gasteiger partial charge is 0.467 e. The highest BCUT2D eigenvalue weighted by atomic mass is 32.2. The highest BCUT2D eigenvalue weighted by Crippen LogP contribution is 2.34. The Kier molecular flexibility index (Phi) is 5.45. The van der Waals surface area contributed by atoms with E-state index in [1.54, 1.807) is 18.4 Å². The number of furan rings is 1. The van der Waals surface area contributed by atoms with Gasteiger partial charge in [0.1, 0.15) is 16.2 Å². The number of rotatable bonds is 4. The first-order valence-electron chi connectivity index (χ1n) is 9.03. The van der Waals surface area contributed by atoms with Crippen molar-refractivity contribution in [1.82, 2.24) is 9.88 Å². The molecule has 2 aliphatic rings. The van der Waals surface area contributed by atoms with Crippen LogP contribution in [0.1, 0.15) is 31.2 Å². The number of amides is 1. The van der Waals surface area contributed by atoms with Gasteiger partial charge in [0.2, 0.25) is 17.5 Å². The highest BCUT2D eigenvalue weighted by molar-refractivity contribution is 8.26. The predicted octanol–water partition coefficient (Wildman–Crippen LogP) is 3.15. The van der Waals surface area contributed by atoms with Gasteiger partial charge in [0.05, 0.1) is 29.9 Å². The Hall–Kier alpha value is -2.61. The van der Waals surface area contributed by atoms with Gasteiger partial charge >= 0.3 is 0 Å². The number of nitrogens with zero attached hydrogens (tertiary/aromatic N) is 4. The van der Waals surface area contributed by atoms with Crippen molar-refractivity contribution in [3.8, 4) is 6.07 Å². The molecule has 4 heterocycles. The summed E-state index contributed by atoms with van der Waals surface area (Å²) in [4.78, 5) is 20.8. The fourth-order valence-electron chi connectivity index (χ4n) is 3.33. The fraction of sp³-hybridized carbons (Fsp3) is 0.368. The Bertz CT molecular complexity index is 998. The number of morpholine rings is 1. The van der Waals surface area contributed by atoms with Crippen LogP contribution >= 0.6 is 24.0 Å². The van der Waals surface area contributed by atoms with Crippen LogP contribution in [0.4, 0.5) is 5.88 Å². The molecule has 0 N–H and O–H groups in total. The summed E-state index contributed by atoms with van der Waals surface area (Å²) in [5, 5.41) is 9.47. The maximum Gasteiger partial charge on any atom is 0.266 e. The lowest BCUT2D eigenvalue weighted by Gasteiger charge is -2.34. The number of nitriles is 1. The zero-order chi connectivity index (χ0) is 20.5. The number of thiocarbonyl (C=S) groups is 1. The molecule has 0 aliphatic carbocycles. The molecule has 0 aromatic carbocycles. The molecule has 10 heteroatoms. The number of carbonyl (C=O) groups is 1. The van der Waals surface area contributed by atoms with E-state index in [-0.39, 0.29) is 36.2 Å². The number of thioether (sulfide) groups is 1. The van der Waals surface area contributed by atoms with E-state index in [2.05, 4.69) is 11.1 Å². The number of carbonyl (C=O) groups excluding carboxylic acids is 1. The summed E-state index contributed by atoms with van der Waals surface area (Å²) in [6.07, 6.45) is 3.10. The fourth-order valence-corrected chi connectivity index (χ4v) is 4.55. The average molecular weight is 431 g/mol. The van der Waals surface area contributed by atoms with Crippen LogP contribution in [0, 0.1) is 11.3 Å². The quantitative estimate of drug-likeness (QED) is 0.535. The van der Waals surface area contributed by atoms with E-state index in [1.165, 1.54) is 22.7 Å². The molecule has 150 valence electrons. The van der Waals surface area contributed by atoms with Crippen LogP contribution in [0.2, 0.25) is 0 Å². The van der Waals surface area contributed by atoms with E-state index >= 15 is 0 Å². The molecule has 0 unspecified atom stereocenters. The van der Waals surface area contributed by atoms with Gasteiger partial charge in [0, 0.05) is 19.2 Å². The molecule has 2 atom stereocenters. The summed E-state index contributed by atoms with van der Waals surface area (Å²) >= 11 is 6.49. The van der Waals surface area contributed by atoms with Gasteiger partial charge in [-0.15, -0.1) is 0 Å². The Morgan fingerprint density at radius 1 is 1.41 bits per heavy atom.